The summed E-state index contributed by atoms with van der Waals surface area (Å²) >= 11 is 0. The first-order valence-corrected chi connectivity index (χ1v) is 6.01. The fourth-order valence-corrected chi connectivity index (χ4v) is 1.92. The molecule has 3 rings (SSSR count). The Morgan fingerprint density at radius 1 is 1.29 bits per heavy atom. The van der Waals surface area contributed by atoms with Crippen LogP contribution >= 0.6 is 0 Å². The van der Waals surface area contributed by atoms with Crippen molar-refractivity contribution in [1.82, 2.24) is 14.5 Å². The number of fused-ring (bicyclic) bond motifs is 1. The monoisotopic (exact) mass is 292 g/mol. The highest BCUT2D eigenvalue weighted by Gasteiger charge is 2.11. The van der Waals surface area contributed by atoms with E-state index in [9.17, 15) is 13.6 Å². The highest BCUT2D eigenvalue weighted by molar-refractivity contribution is 5.78. The number of benzene rings is 1. The number of hydrogen-bond donors (Lipinski definition) is 1. The van der Waals surface area contributed by atoms with Crippen LogP contribution in [-0.2, 0) is 7.05 Å². The molecule has 0 saturated heterocycles. The number of halogens is 2. The second-order valence-electron chi connectivity index (χ2n) is 4.36. The number of nitrogens with zero attached hydrogens (tertiary/aromatic N) is 3. The van der Waals surface area contributed by atoms with E-state index in [1.54, 1.807) is 25.2 Å². The third kappa shape index (κ3) is 2.47. The smallest absolute Gasteiger partial charge is 0.408 e. The molecule has 3 aromatic rings. The molecular formula is C13H10F2N4O2. The molecule has 1 N–H and O–H groups in total. The summed E-state index contributed by atoms with van der Waals surface area (Å²) in [6.07, 6.45) is -1.60. The van der Waals surface area contributed by atoms with Crippen molar-refractivity contribution in [3.63, 3.8) is 0 Å². The maximum atomic E-state index is 12.6. The third-order valence-corrected chi connectivity index (χ3v) is 2.98. The topological polar surface area (TPSA) is 73.0 Å². The van der Waals surface area contributed by atoms with E-state index in [0.29, 0.717) is 16.8 Å². The average molecular weight is 292 g/mol. The summed E-state index contributed by atoms with van der Waals surface area (Å²) in [4.78, 5) is 18.7. The second-order valence-corrected chi connectivity index (χ2v) is 4.36. The van der Waals surface area contributed by atoms with Gasteiger partial charge in [0.25, 0.3) is 6.43 Å². The summed E-state index contributed by atoms with van der Waals surface area (Å²) in [6.45, 7) is 0. The molecule has 21 heavy (non-hydrogen) atoms. The van der Waals surface area contributed by atoms with E-state index < -0.39 is 12.2 Å². The van der Waals surface area contributed by atoms with Crippen LogP contribution in [0.5, 0.6) is 0 Å². The Bertz CT molecular complexity index is 857. The van der Waals surface area contributed by atoms with Gasteiger partial charge in [0.05, 0.1) is 5.52 Å². The van der Waals surface area contributed by atoms with Gasteiger partial charge >= 0.3 is 5.76 Å². The molecule has 108 valence electrons. The first-order chi connectivity index (χ1) is 10.0. The minimum Gasteiger partial charge on any atom is -0.408 e. The molecule has 2 heterocycles. The van der Waals surface area contributed by atoms with Gasteiger partial charge in [-0.1, -0.05) is 0 Å². The molecule has 6 nitrogen and oxygen atoms in total. The SMILES string of the molecule is Cn1c(=O)oc2cc(Nc3cc(C(F)F)ncn3)ccc21. The zero-order valence-corrected chi connectivity index (χ0v) is 10.9. The Morgan fingerprint density at radius 3 is 2.86 bits per heavy atom. The molecule has 0 fully saturated rings. The van der Waals surface area contributed by atoms with E-state index >= 15 is 0 Å². The maximum Gasteiger partial charge on any atom is 0.419 e. The van der Waals surface area contributed by atoms with Gasteiger partial charge in [0.1, 0.15) is 17.8 Å². The van der Waals surface area contributed by atoms with Gasteiger partial charge in [-0.2, -0.15) is 0 Å². The molecule has 0 saturated carbocycles. The summed E-state index contributed by atoms with van der Waals surface area (Å²) in [7, 11) is 1.60. The van der Waals surface area contributed by atoms with E-state index in [4.69, 9.17) is 4.42 Å². The van der Waals surface area contributed by atoms with E-state index in [0.717, 1.165) is 12.4 Å². The first-order valence-electron chi connectivity index (χ1n) is 6.01. The third-order valence-electron chi connectivity index (χ3n) is 2.98. The van der Waals surface area contributed by atoms with Gasteiger partial charge in [0.15, 0.2) is 5.58 Å². The molecule has 1 aromatic carbocycles. The van der Waals surface area contributed by atoms with E-state index in [1.165, 1.54) is 4.57 Å². The van der Waals surface area contributed by atoms with Gasteiger partial charge in [-0.15, -0.1) is 0 Å². The van der Waals surface area contributed by atoms with Crippen LogP contribution in [0.3, 0.4) is 0 Å². The minimum absolute atomic E-state index is 0.234. The van der Waals surface area contributed by atoms with E-state index in [-0.39, 0.29) is 11.5 Å². The summed E-state index contributed by atoms with van der Waals surface area (Å²) in [5.41, 5.74) is 1.24. The van der Waals surface area contributed by atoms with Crippen molar-refractivity contribution in [2.75, 3.05) is 5.32 Å². The summed E-state index contributed by atoms with van der Waals surface area (Å²) in [5.74, 6) is -0.234. The van der Waals surface area contributed by atoms with Gasteiger partial charge in [-0.3, -0.25) is 4.57 Å². The second kappa shape index (κ2) is 4.97. The molecule has 0 radical (unpaired) electrons. The lowest BCUT2D eigenvalue weighted by molar-refractivity contribution is 0.146. The highest BCUT2D eigenvalue weighted by Crippen LogP contribution is 2.22. The number of nitrogens with one attached hydrogen (secondary N) is 1. The Labute approximate surface area is 117 Å². The van der Waals surface area contributed by atoms with Gasteiger partial charge in [-0.05, 0) is 12.1 Å². The van der Waals surface area contributed by atoms with Crippen molar-refractivity contribution >= 4 is 22.6 Å². The molecule has 0 unspecified atom stereocenters. The zero-order valence-electron chi connectivity index (χ0n) is 10.9. The zero-order chi connectivity index (χ0) is 15.0. The Morgan fingerprint density at radius 2 is 2.10 bits per heavy atom. The minimum atomic E-state index is -2.66. The van der Waals surface area contributed by atoms with Crippen molar-refractivity contribution in [2.45, 2.75) is 6.43 Å². The number of anilines is 2. The van der Waals surface area contributed by atoms with E-state index in [1.807, 2.05) is 0 Å². The van der Waals surface area contributed by atoms with Crippen molar-refractivity contribution in [3.05, 3.63) is 46.8 Å². The number of alkyl halides is 2. The highest BCUT2D eigenvalue weighted by atomic mass is 19.3. The van der Waals surface area contributed by atoms with Crippen molar-refractivity contribution in [3.8, 4) is 0 Å². The van der Waals surface area contributed by atoms with Crippen LogP contribution in [0.15, 0.2) is 39.8 Å². The lowest BCUT2D eigenvalue weighted by Gasteiger charge is -2.06. The van der Waals surface area contributed by atoms with Gasteiger partial charge in [-0.25, -0.2) is 23.5 Å². The molecule has 0 spiro atoms. The fraction of sp³-hybridized carbons (Fsp3) is 0.154. The lowest BCUT2D eigenvalue weighted by atomic mass is 10.3. The van der Waals surface area contributed by atoms with Crippen LogP contribution in [0.2, 0.25) is 0 Å². The molecular weight excluding hydrogens is 282 g/mol. The van der Waals surface area contributed by atoms with Crippen LogP contribution < -0.4 is 11.1 Å². The molecule has 0 aliphatic rings. The summed E-state index contributed by atoms with van der Waals surface area (Å²) < 4.78 is 31.6. The molecule has 0 aliphatic heterocycles. The van der Waals surface area contributed by atoms with Crippen LogP contribution in [0.25, 0.3) is 11.1 Å². The summed E-state index contributed by atoms with van der Waals surface area (Å²) in [6, 6.07) is 6.15. The van der Waals surface area contributed by atoms with Gasteiger partial charge < -0.3 is 9.73 Å². The number of aromatic nitrogens is 3. The first kappa shape index (κ1) is 13.2. The molecule has 0 bridgehead atoms. The normalized spacial score (nSPS) is 11.2. The molecule has 2 aromatic heterocycles. The predicted molar refractivity (Wildman–Crippen MR) is 71.7 cm³/mol. The van der Waals surface area contributed by atoms with E-state index in [2.05, 4.69) is 15.3 Å². The molecule has 0 atom stereocenters. The number of hydrogen-bond acceptors (Lipinski definition) is 5. The maximum absolute atomic E-state index is 12.6. The summed E-state index contributed by atoms with van der Waals surface area (Å²) in [5, 5.41) is 2.86. The quantitative estimate of drug-likeness (QED) is 0.803. The number of rotatable bonds is 3. The number of aryl methyl sites for hydroxylation is 1. The van der Waals surface area contributed by atoms with Crippen LogP contribution in [0, 0.1) is 0 Å². The van der Waals surface area contributed by atoms with Gasteiger partial charge in [0, 0.05) is 24.9 Å². The Balaban J connectivity index is 1.94. The standard InChI is InChI=1S/C13H10F2N4O2/c1-19-9-3-2-7(4-10(9)21-13(19)20)18-11-5-8(12(14)15)16-6-17-11/h2-6,12H,1H3,(H,16,17,18). The largest absolute Gasteiger partial charge is 0.419 e. The van der Waals surface area contributed by atoms with Crippen molar-refractivity contribution < 1.29 is 13.2 Å². The Hall–Kier alpha value is -2.77. The van der Waals surface area contributed by atoms with Crippen LogP contribution in [-0.4, -0.2) is 14.5 Å². The molecule has 8 heteroatoms. The van der Waals surface area contributed by atoms with Crippen molar-refractivity contribution in [2.24, 2.45) is 7.05 Å². The number of oxazole rings is 1. The predicted octanol–water partition coefficient (Wildman–Crippen LogP) is 2.60. The lowest BCUT2D eigenvalue weighted by Crippen LogP contribution is -2.08. The van der Waals surface area contributed by atoms with Gasteiger partial charge in [0.2, 0.25) is 0 Å². The Kier molecular flexibility index (Phi) is 3.13. The average Bonchev–Trinajstić information content (AvgIpc) is 2.74. The van der Waals surface area contributed by atoms with Crippen LogP contribution in [0.4, 0.5) is 20.3 Å². The van der Waals surface area contributed by atoms with Crippen LogP contribution in [0.1, 0.15) is 12.1 Å². The molecule has 0 amide bonds. The fourth-order valence-electron chi connectivity index (χ4n) is 1.92. The molecule has 0 aliphatic carbocycles. The van der Waals surface area contributed by atoms with Crippen molar-refractivity contribution in [1.29, 1.82) is 0 Å².